The lowest BCUT2D eigenvalue weighted by molar-refractivity contribution is -0.115. The molecule has 0 saturated carbocycles. The normalized spacial score (nSPS) is 10.3. The van der Waals surface area contributed by atoms with E-state index >= 15 is 0 Å². The molecular formula is C13H14N2O2S. The van der Waals surface area contributed by atoms with Crippen LogP contribution < -0.4 is 5.32 Å². The zero-order valence-corrected chi connectivity index (χ0v) is 10.8. The standard InChI is InChI=1S/C13H14N2O2S/c1-9-2-4-10(5-3-9)14-12(17)6-13-15-11(7-16)8-18-13/h2-5,8,16H,6-7H2,1H3,(H,14,17). The highest BCUT2D eigenvalue weighted by molar-refractivity contribution is 7.09. The topological polar surface area (TPSA) is 62.2 Å². The summed E-state index contributed by atoms with van der Waals surface area (Å²) in [5, 5.41) is 14.2. The molecule has 1 amide bonds. The Labute approximate surface area is 109 Å². The minimum absolute atomic E-state index is 0.0872. The Morgan fingerprint density at radius 2 is 2.11 bits per heavy atom. The van der Waals surface area contributed by atoms with Crippen LogP contribution in [0.2, 0.25) is 0 Å². The maximum Gasteiger partial charge on any atom is 0.231 e. The second kappa shape index (κ2) is 5.75. The van der Waals surface area contributed by atoms with Gasteiger partial charge in [-0.1, -0.05) is 17.7 Å². The quantitative estimate of drug-likeness (QED) is 0.887. The fourth-order valence-corrected chi connectivity index (χ4v) is 2.27. The average Bonchev–Trinajstić information content (AvgIpc) is 2.79. The molecule has 0 fully saturated rings. The number of hydrogen-bond donors (Lipinski definition) is 2. The molecule has 0 spiro atoms. The maximum absolute atomic E-state index is 11.8. The Morgan fingerprint density at radius 3 is 2.72 bits per heavy atom. The lowest BCUT2D eigenvalue weighted by Gasteiger charge is -2.03. The van der Waals surface area contributed by atoms with Crippen molar-refractivity contribution in [2.45, 2.75) is 20.0 Å². The lowest BCUT2D eigenvalue weighted by atomic mass is 10.2. The number of carbonyl (C=O) groups is 1. The summed E-state index contributed by atoms with van der Waals surface area (Å²) in [5.41, 5.74) is 2.54. The van der Waals surface area contributed by atoms with Crippen LogP contribution in [-0.2, 0) is 17.8 Å². The summed E-state index contributed by atoms with van der Waals surface area (Å²) >= 11 is 1.38. The summed E-state index contributed by atoms with van der Waals surface area (Å²) < 4.78 is 0. The molecule has 0 bridgehead atoms. The van der Waals surface area contributed by atoms with E-state index in [1.165, 1.54) is 11.3 Å². The van der Waals surface area contributed by atoms with E-state index < -0.39 is 0 Å². The van der Waals surface area contributed by atoms with Crippen LogP contribution in [0.15, 0.2) is 29.6 Å². The van der Waals surface area contributed by atoms with Gasteiger partial charge in [0.25, 0.3) is 0 Å². The summed E-state index contributed by atoms with van der Waals surface area (Å²) in [5.74, 6) is -0.0994. The summed E-state index contributed by atoms with van der Waals surface area (Å²) in [6.45, 7) is 1.91. The monoisotopic (exact) mass is 262 g/mol. The fourth-order valence-electron chi connectivity index (χ4n) is 1.48. The zero-order valence-electron chi connectivity index (χ0n) is 10.0. The van der Waals surface area contributed by atoms with E-state index in [0.29, 0.717) is 10.7 Å². The number of aliphatic hydroxyl groups is 1. The number of thiazole rings is 1. The Morgan fingerprint density at radius 1 is 1.39 bits per heavy atom. The third-order valence-electron chi connectivity index (χ3n) is 2.41. The van der Waals surface area contributed by atoms with Gasteiger partial charge in [-0.15, -0.1) is 11.3 Å². The molecule has 1 aromatic carbocycles. The molecule has 2 aromatic rings. The first-order valence-corrected chi connectivity index (χ1v) is 6.46. The third-order valence-corrected chi connectivity index (χ3v) is 3.31. The number of aliphatic hydroxyl groups excluding tert-OH is 1. The highest BCUT2D eigenvalue weighted by atomic mass is 32.1. The van der Waals surface area contributed by atoms with Crippen molar-refractivity contribution in [2.24, 2.45) is 0 Å². The van der Waals surface area contributed by atoms with Crippen molar-refractivity contribution in [1.29, 1.82) is 0 Å². The molecule has 0 unspecified atom stereocenters. The molecule has 0 aliphatic carbocycles. The molecule has 0 radical (unpaired) electrons. The minimum Gasteiger partial charge on any atom is -0.390 e. The molecule has 2 rings (SSSR count). The largest absolute Gasteiger partial charge is 0.390 e. The highest BCUT2D eigenvalue weighted by Gasteiger charge is 2.07. The number of hydrogen-bond acceptors (Lipinski definition) is 4. The number of nitrogens with one attached hydrogen (secondary N) is 1. The number of rotatable bonds is 4. The number of carbonyl (C=O) groups excluding carboxylic acids is 1. The SMILES string of the molecule is Cc1ccc(NC(=O)Cc2nc(CO)cs2)cc1. The first-order valence-electron chi connectivity index (χ1n) is 5.58. The van der Waals surface area contributed by atoms with E-state index in [1.54, 1.807) is 5.38 Å². The average molecular weight is 262 g/mol. The van der Waals surface area contributed by atoms with Gasteiger partial charge >= 0.3 is 0 Å². The van der Waals surface area contributed by atoms with Gasteiger partial charge in [-0.3, -0.25) is 4.79 Å². The predicted octanol–water partition coefficient (Wildman–Crippen LogP) is 2.13. The van der Waals surface area contributed by atoms with Crippen molar-refractivity contribution >= 4 is 22.9 Å². The Bertz CT molecular complexity index is 534. The van der Waals surface area contributed by atoms with Crippen molar-refractivity contribution in [3.8, 4) is 0 Å². The van der Waals surface area contributed by atoms with Gasteiger partial charge in [0.2, 0.25) is 5.91 Å². The summed E-state index contributed by atoms with van der Waals surface area (Å²) in [6, 6.07) is 7.63. The molecule has 18 heavy (non-hydrogen) atoms. The van der Waals surface area contributed by atoms with Gasteiger partial charge < -0.3 is 10.4 Å². The molecule has 4 nitrogen and oxygen atoms in total. The van der Waals surface area contributed by atoms with Gasteiger partial charge in [-0.05, 0) is 19.1 Å². The molecule has 1 heterocycles. The molecule has 2 N–H and O–H groups in total. The summed E-state index contributed by atoms with van der Waals surface area (Å²) in [4.78, 5) is 15.9. The van der Waals surface area contributed by atoms with E-state index in [-0.39, 0.29) is 18.9 Å². The highest BCUT2D eigenvalue weighted by Crippen LogP contribution is 2.12. The first-order chi connectivity index (χ1) is 8.67. The van der Waals surface area contributed by atoms with Crippen molar-refractivity contribution in [3.05, 3.63) is 45.9 Å². The molecular weight excluding hydrogens is 248 g/mol. The molecule has 0 atom stereocenters. The van der Waals surface area contributed by atoms with Gasteiger partial charge in [-0.2, -0.15) is 0 Å². The van der Waals surface area contributed by atoms with Gasteiger partial charge in [0.1, 0.15) is 5.01 Å². The lowest BCUT2D eigenvalue weighted by Crippen LogP contribution is -2.14. The fraction of sp³-hybridized carbons (Fsp3) is 0.231. The molecule has 0 aliphatic heterocycles. The number of amides is 1. The predicted molar refractivity (Wildman–Crippen MR) is 71.5 cm³/mol. The maximum atomic E-state index is 11.8. The Balaban J connectivity index is 1.94. The van der Waals surface area contributed by atoms with Gasteiger partial charge in [0.05, 0.1) is 18.7 Å². The van der Waals surface area contributed by atoms with Crippen molar-refractivity contribution in [1.82, 2.24) is 4.98 Å². The van der Waals surface area contributed by atoms with Gasteiger partial charge in [0.15, 0.2) is 0 Å². The molecule has 1 aromatic heterocycles. The molecule has 0 aliphatic rings. The second-order valence-corrected chi connectivity index (χ2v) is 4.92. The number of aryl methyl sites for hydroxylation is 1. The molecule has 0 saturated heterocycles. The molecule has 5 heteroatoms. The number of benzene rings is 1. The number of nitrogens with zero attached hydrogens (tertiary/aromatic N) is 1. The van der Waals surface area contributed by atoms with Crippen LogP contribution >= 0.6 is 11.3 Å². The van der Waals surface area contributed by atoms with E-state index in [4.69, 9.17) is 5.11 Å². The number of anilines is 1. The Kier molecular flexibility index (Phi) is 4.07. The van der Waals surface area contributed by atoms with Crippen molar-refractivity contribution in [2.75, 3.05) is 5.32 Å². The van der Waals surface area contributed by atoms with E-state index in [9.17, 15) is 4.79 Å². The van der Waals surface area contributed by atoms with E-state index in [1.807, 2.05) is 31.2 Å². The minimum atomic E-state index is -0.0994. The van der Waals surface area contributed by atoms with Crippen LogP contribution in [0.3, 0.4) is 0 Å². The van der Waals surface area contributed by atoms with Gasteiger partial charge in [0, 0.05) is 11.1 Å². The second-order valence-electron chi connectivity index (χ2n) is 3.98. The summed E-state index contributed by atoms with van der Waals surface area (Å²) in [6.07, 6.45) is 0.235. The Hall–Kier alpha value is -1.72. The van der Waals surface area contributed by atoms with Crippen LogP contribution in [0.5, 0.6) is 0 Å². The summed E-state index contributed by atoms with van der Waals surface area (Å²) in [7, 11) is 0. The first kappa shape index (κ1) is 12.7. The van der Waals surface area contributed by atoms with Crippen LogP contribution in [0.25, 0.3) is 0 Å². The number of aromatic nitrogens is 1. The van der Waals surface area contributed by atoms with Crippen molar-refractivity contribution < 1.29 is 9.90 Å². The van der Waals surface area contributed by atoms with Crippen LogP contribution in [0.1, 0.15) is 16.3 Å². The van der Waals surface area contributed by atoms with Gasteiger partial charge in [-0.25, -0.2) is 4.98 Å². The van der Waals surface area contributed by atoms with Crippen molar-refractivity contribution in [3.63, 3.8) is 0 Å². The third kappa shape index (κ3) is 3.38. The van der Waals surface area contributed by atoms with E-state index in [2.05, 4.69) is 10.3 Å². The van der Waals surface area contributed by atoms with Crippen LogP contribution in [0.4, 0.5) is 5.69 Å². The smallest absolute Gasteiger partial charge is 0.231 e. The van der Waals surface area contributed by atoms with Crippen LogP contribution in [0, 0.1) is 6.92 Å². The van der Waals surface area contributed by atoms with Crippen LogP contribution in [-0.4, -0.2) is 16.0 Å². The molecule has 94 valence electrons. The van der Waals surface area contributed by atoms with E-state index in [0.717, 1.165) is 11.3 Å². The zero-order chi connectivity index (χ0) is 13.0.